The lowest BCUT2D eigenvalue weighted by Gasteiger charge is -2.30. The second-order valence-electron chi connectivity index (χ2n) is 10.1. The Morgan fingerprint density at radius 1 is 1.09 bits per heavy atom. The van der Waals surface area contributed by atoms with Gasteiger partial charge in [-0.3, -0.25) is 4.79 Å². The zero-order chi connectivity index (χ0) is 25.3. The Balaban J connectivity index is 1.67. The molecule has 1 saturated carbocycles. The van der Waals surface area contributed by atoms with E-state index in [2.05, 4.69) is 31.3 Å². The highest BCUT2D eigenvalue weighted by atomic mass is 16.5. The van der Waals surface area contributed by atoms with Crippen molar-refractivity contribution in [3.8, 4) is 5.75 Å². The van der Waals surface area contributed by atoms with Crippen molar-refractivity contribution in [2.45, 2.75) is 58.4 Å². The highest BCUT2D eigenvalue weighted by molar-refractivity contribution is 5.91. The Labute approximate surface area is 208 Å². The number of carbonyl (C=O) groups is 1. The number of nitrogens with zero attached hydrogens (tertiary/aromatic N) is 3. The summed E-state index contributed by atoms with van der Waals surface area (Å²) in [5.74, 6) is 3.04. The monoisotopic (exact) mass is 475 g/mol. The van der Waals surface area contributed by atoms with Crippen molar-refractivity contribution in [1.82, 2.24) is 14.9 Å². The Morgan fingerprint density at radius 2 is 1.80 bits per heavy atom. The first kappa shape index (κ1) is 24.8. The molecule has 0 bridgehead atoms. The summed E-state index contributed by atoms with van der Waals surface area (Å²) in [6.07, 6.45) is 3.70. The summed E-state index contributed by atoms with van der Waals surface area (Å²) in [6.45, 7) is 6.07. The van der Waals surface area contributed by atoms with Crippen molar-refractivity contribution < 1.29 is 9.53 Å². The second kappa shape index (κ2) is 10.1. The van der Waals surface area contributed by atoms with E-state index in [-0.39, 0.29) is 17.9 Å². The van der Waals surface area contributed by atoms with Crippen LogP contribution in [0.15, 0.2) is 30.3 Å². The number of methoxy groups -OCH3 is 1. The lowest BCUT2D eigenvalue weighted by atomic mass is 9.77. The van der Waals surface area contributed by atoms with Crippen LogP contribution in [0.1, 0.15) is 67.1 Å². The predicted octanol–water partition coefficient (Wildman–Crippen LogP) is 5.37. The van der Waals surface area contributed by atoms with E-state index in [1.54, 1.807) is 12.0 Å². The largest absolute Gasteiger partial charge is 0.496 e. The second-order valence-corrected chi connectivity index (χ2v) is 10.1. The summed E-state index contributed by atoms with van der Waals surface area (Å²) in [6, 6.07) is 10.4. The van der Waals surface area contributed by atoms with Gasteiger partial charge in [-0.2, -0.15) is 0 Å². The number of carbonyl (C=O) groups excluding carboxylic acids is 1. The number of nitrogens with one attached hydrogen (secondary N) is 1. The molecular weight excluding hydrogens is 438 g/mol. The third kappa shape index (κ3) is 5.34. The van der Waals surface area contributed by atoms with E-state index in [0.29, 0.717) is 11.7 Å². The van der Waals surface area contributed by atoms with E-state index in [4.69, 9.17) is 20.4 Å². The number of benzene rings is 2. The number of hydrogen-bond donors (Lipinski definition) is 2. The number of rotatable bonds is 6. The molecule has 1 fully saturated rings. The first-order valence-electron chi connectivity index (χ1n) is 12.4. The van der Waals surface area contributed by atoms with E-state index in [0.717, 1.165) is 65.0 Å². The molecule has 0 spiro atoms. The lowest BCUT2D eigenvalue weighted by molar-refractivity contribution is -0.134. The van der Waals surface area contributed by atoms with Crippen LogP contribution in [0.25, 0.3) is 10.9 Å². The van der Waals surface area contributed by atoms with Crippen LogP contribution in [-0.2, 0) is 4.79 Å². The zero-order valence-corrected chi connectivity index (χ0v) is 21.7. The molecule has 1 aliphatic rings. The predicted molar refractivity (Wildman–Crippen MR) is 142 cm³/mol. The third-order valence-corrected chi connectivity index (χ3v) is 7.09. The first-order valence-corrected chi connectivity index (χ1v) is 12.4. The molecule has 7 nitrogen and oxygen atoms in total. The number of aryl methyl sites for hydroxylation is 2. The van der Waals surface area contributed by atoms with Crippen LogP contribution < -0.4 is 15.8 Å². The normalized spacial score (nSPS) is 18.8. The maximum atomic E-state index is 12.4. The molecule has 4 rings (SSSR count). The van der Waals surface area contributed by atoms with Gasteiger partial charge in [0.25, 0.3) is 0 Å². The number of aromatic nitrogens is 2. The fourth-order valence-electron chi connectivity index (χ4n) is 5.29. The summed E-state index contributed by atoms with van der Waals surface area (Å²) in [4.78, 5) is 23.6. The Hall–Kier alpha value is -3.35. The van der Waals surface area contributed by atoms with Crippen LogP contribution in [-0.4, -0.2) is 42.0 Å². The van der Waals surface area contributed by atoms with E-state index < -0.39 is 0 Å². The molecule has 1 aromatic heterocycles. The smallest absolute Gasteiger partial charge is 0.225 e. The molecule has 35 heavy (non-hydrogen) atoms. The summed E-state index contributed by atoms with van der Waals surface area (Å²) >= 11 is 0. The maximum absolute atomic E-state index is 12.4. The number of nitrogens with two attached hydrogens (primary N) is 1. The van der Waals surface area contributed by atoms with Gasteiger partial charge in [0.2, 0.25) is 5.91 Å². The molecule has 0 radical (unpaired) electrons. The van der Waals surface area contributed by atoms with Gasteiger partial charge in [0, 0.05) is 37.2 Å². The minimum atomic E-state index is 0.0211. The van der Waals surface area contributed by atoms with Crippen molar-refractivity contribution in [2.75, 3.05) is 32.3 Å². The van der Waals surface area contributed by atoms with Gasteiger partial charge in [0.1, 0.15) is 17.4 Å². The molecule has 7 heteroatoms. The number of ether oxygens (including phenoxy) is 1. The molecule has 1 atom stereocenters. The molecule has 0 aliphatic heterocycles. The number of fused-ring (bicyclic) bond motifs is 1. The maximum Gasteiger partial charge on any atom is 0.225 e. The first-order chi connectivity index (χ1) is 16.7. The van der Waals surface area contributed by atoms with Gasteiger partial charge in [-0.1, -0.05) is 6.07 Å². The Bertz CT molecular complexity index is 1210. The van der Waals surface area contributed by atoms with Crippen molar-refractivity contribution in [1.29, 1.82) is 0 Å². The van der Waals surface area contributed by atoms with Gasteiger partial charge < -0.3 is 20.7 Å². The summed E-state index contributed by atoms with van der Waals surface area (Å²) in [5.41, 5.74) is 11.1. The molecule has 1 heterocycles. The fraction of sp³-hybridized carbons (Fsp3) is 0.464. The van der Waals surface area contributed by atoms with Crippen LogP contribution >= 0.6 is 0 Å². The van der Waals surface area contributed by atoms with Gasteiger partial charge in [0.05, 0.1) is 18.7 Å². The standard InChI is InChI=1S/C28H37N5O2/c1-16-11-21(13-22(29)12-16)17(2)30-27-24-14-23(26(35-6)15-25(24)31-18(3)32-27)19-7-9-20(10-8-19)28(34)33(4)5/h11-15,17,19-20H,7-10,29H2,1-6H3,(H,30,31,32)/t17-,19?,20?/m1/s1. The molecule has 0 saturated heterocycles. The lowest BCUT2D eigenvalue weighted by Crippen LogP contribution is -2.32. The minimum absolute atomic E-state index is 0.0211. The molecule has 1 amide bonds. The van der Waals surface area contributed by atoms with Gasteiger partial charge >= 0.3 is 0 Å². The van der Waals surface area contributed by atoms with E-state index in [9.17, 15) is 4.79 Å². The average Bonchev–Trinajstić information content (AvgIpc) is 2.82. The Kier molecular flexibility index (Phi) is 7.15. The van der Waals surface area contributed by atoms with Gasteiger partial charge in [-0.05, 0) is 87.3 Å². The fourth-order valence-corrected chi connectivity index (χ4v) is 5.29. The highest BCUT2D eigenvalue weighted by Crippen LogP contribution is 2.42. The van der Waals surface area contributed by atoms with E-state index >= 15 is 0 Å². The Morgan fingerprint density at radius 3 is 2.43 bits per heavy atom. The molecule has 0 unspecified atom stereocenters. The van der Waals surface area contributed by atoms with Gasteiger partial charge in [0.15, 0.2) is 0 Å². The number of anilines is 2. The van der Waals surface area contributed by atoms with Gasteiger partial charge in [-0.15, -0.1) is 0 Å². The summed E-state index contributed by atoms with van der Waals surface area (Å²) in [7, 11) is 5.38. The third-order valence-electron chi connectivity index (χ3n) is 7.09. The van der Waals surface area contributed by atoms with Crippen molar-refractivity contribution >= 4 is 28.3 Å². The zero-order valence-electron chi connectivity index (χ0n) is 21.7. The van der Waals surface area contributed by atoms with Crippen molar-refractivity contribution in [3.63, 3.8) is 0 Å². The topological polar surface area (TPSA) is 93.4 Å². The van der Waals surface area contributed by atoms with E-state index in [1.807, 2.05) is 39.2 Å². The van der Waals surface area contributed by atoms with Crippen LogP contribution in [0, 0.1) is 19.8 Å². The number of hydrogen-bond acceptors (Lipinski definition) is 6. The molecule has 3 aromatic rings. The van der Waals surface area contributed by atoms with E-state index in [1.165, 1.54) is 5.56 Å². The molecular formula is C28H37N5O2. The minimum Gasteiger partial charge on any atom is -0.496 e. The van der Waals surface area contributed by atoms with Crippen LogP contribution in [0.4, 0.5) is 11.5 Å². The average molecular weight is 476 g/mol. The number of amides is 1. The van der Waals surface area contributed by atoms with Crippen molar-refractivity contribution in [2.24, 2.45) is 5.92 Å². The molecule has 3 N–H and O–H groups in total. The van der Waals surface area contributed by atoms with Gasteiger partial charge in [-0.25, -0.2) is 9.97 Å². The molecule has 2 aromatic carbocycles. The molecule has 1 aliphatic carbocycles. The summed E-state index contributed by atoms with van der Waals surface area (Å²) in [5, 5.41) is 4.58. The highest BCUT2D eigenvalue weighted by Gasteiger charge is 2.30. The molecule has 186 valence electrons. The van der Waals surface area contributed by atoms with Crippen LogP contribution in [0.3, 0.4) is 0 Å². The van der Waals surface area contributed by atoms with Crippen LogP contribution in [0.5, 0.6) is 5.75 Å². The quantitative estimate of drug-likeness (QED) is 0.466. The summed E-state index contributed by atoms with van der Waals surface area (Å²) < 4.78 is 5.81. The number of nitrogen functional groups attached to an aromatic ring is 1. The van der Waals surface area contributed by atoms with Crippen LogP contribution in [0.2, 0.25) is 0 Å². The SMILES string of the molecule is COc1cc2nc(C)nc(N[C@H](C)c3cc(C)cc(N)c3)c2cc1C1CCC(C(=O)N(C)C)CC1. The van der Waals surface area contributed by atoms with Crippen molar-refractivity contribution in [3.05, 3.63) is 52.8 Å².